The van der Waals surface area contributed by atoms with Gasteiger partial charge in [0.25, 0.3) is 11.6 Å². The van der Waals surface area contributed by atoms with Gasteiger partial charge in [-0.2, -0.15) is 0 Å². The van der Waals surface area contributed by atoms with E-state index >= 15 is 0 Å². The molecule has 2 aromatic carbocycles. The second kappa shape index (κ2) is 10.8. The number of nitrogens with zero attached hydrogens (tertiary/aromatic N) is 1. The van der Waals surface area contributed by atoms with Gasteiger partial charge in [-0.05, 0) is 43.7 Å². The van der Waals surface area contributed by atoms with E-state index < -0.39 is 22.9 Å². The van der Waals surface area contributed by atoms with Crippen LogP contribution in [0.5, 0.6) is 11.5 Å². The molecule has 0 radical (unpaired) electrons. The van der Waals surface area contributed by atoms with E-state index in [0.29, 0.717) is 12.4 Å². The molecular formula is C21H24N2O7. The Kier molecular flexibility index (Phi) is 8.16. The number of carbonyl (C=O) groups excluding carboxylic acids is 2. The van der Waals surface area contributed by atoms with Crippen LogP contribution in [0.1, 0.15) is 37.0 Å². The predicted molar refractivity (Wildman–Crippen MR) is 110 cm³/mol. The van der Waals surface area contributed by atoms with Crippen LogP contribution in [-0.2, 0) is 9.53 Å². The van der Waals surface area contributed by atoms with Crippen LogP contribution in [0.25, 0.3) is 0 Å². The third kappa shape index (κ3) is 6.20. The Morgan fingerprint density at radius 2 is 1.87 bits per heavy atom. The van der Waals surface area contributed by atoms with Crippen LogP contribution in [0, 0.1) is 10.1 Å². The van der Waals surface area contributed by atoms with E-state index in [1.165, 1.54) is 32.2 Å². The number of rotatable bonds is 10. The molecule has 0 aromatic heterocycles. The van der Waals surface area contributed by atoms with E-state index in [9.17, 15) is 19.7 Å². The minimum Gasteiger partial charge on any atom is -0.495 e. The fraction of sp³-hybridized carbons (Fsp3) is 0.333. The number of amides is 1. The monoisotopic (exact) mass is 416 g/mol. The molecule has 0 bridgehead atoms. The average molecular weight is 416 g/mol. The largest absolute Gasteiger partial charge is 0.495 e. The van der Waals surface area contributed by atoms with Crippen LogP contribution in [0.2, 0.25) is 0 Å². The molecule has 1 amide bonds. The van der Waals surface area contributed by atoms with Gasteiger partial charge in [0.1, 0.15) is 11.5 Å². The first-order chi connectivity index (χ1) is 14.3. The first-order valence-corrected chi connectivity index (χ1v) is 9.42. The summed E-state index contributed by atoms with van der Waals surface area (Å²) in [4.78, 5) is 35.0. The third-order valence-electron chi connectivity index (χ3n) is 4.16. The summed E-state index contributed by atoms with van der Waals surface area (Å²) in [7, 11) is 1.37. The first-order valence-electron chi connectivity index (χ1n) is 9.42. The molecule has 2 rings (SSSR count). The van der Waals surface area contributed by atoms with Gasteiger partial charge in [-0.25, -0.2) is 4.79 Å². The lowest BCUT2D eigenvalue weighted by molar-refractivity contribution is -0.384. The Bertz CT molecular complexity index is 897. The summed E-state index contributed by atoms with van der Waals surface area (Å²) in [6.45, 7) is 4.06. The summed E-state index contributed by atoms with van der Waals surface area (Å²) >= 11 is 0. The van der Waals surface area contributed by atoms with Crippen molar-refractivity contribution in [2.75, 3.05) is 19.0 Å². The molecule has 0 spiro atoms. The van der Waals surface area contributed by atoms with Crippen molar-refractivity contribution in [1.29, 1.82) is 0 Å². The number of carbonyl (C=O) groups is 2. The van der Waals surface area contributed by atoms with Gasteiger partial charge in [-0.15, -0.1) is 0 Å². The maximum atomic E-state index is 12.4. The number of hydrogen-bond acceptors (Lipinski definition) is 7. The summed E-state index contributed by atoms with van der Waals surface area (Å²) in [5.74, 6) is -0.444. The van der Waals surface area contributed by atoms with Gasteiger partial charge in [-0.3, -0.25) is 14.9 Å². The summed E-state index contributed by atoms with van der Waals surface area (Å²) < 4.78 is 15.8. The molecule has 9 nitrogen and oxygen atoms in total. The van der Waals surface area contributed by atoms with Crippen LogP contribution in [0.4, 0.5) is 11.4 Å². The summed E-state index contributed by atoms with van der Waals surface area (Å²) in [5.41, 5.74) is 0.163. The summed E-state index contributed by atoms with van der Waals surface area (Å²) in [6, 6.07) is 10.2. The topological polar surface area (TPSA) is 117 Å². The number of esters is 1. The molecular weight excluding hydrogens is 392 g/mol. The van der Waals surface area contributed by atoms with Crippen LogP contribution in [-0.4, -0.2) is 36.6 Å². The van der Waals surface area contributed by atoms with Crippen molar-refractivity contribution in [3.8, 4) is 11.5 Å². The number of nitrogens with one attached hydrogen (secondary N) is 1. The second-order valence-corrected chi connectivity index (χ2v) is 6.40. The van der Waals surface area contributed by atoms with Gasteiger partial charge in [0.05, 0.1) is 29.9 Å². The van der Waals surface area contributed by atoms with Crippen molar-refractivity contribution in [3.05, 3.63) is 58.1 Å². The lowest BCUT2D eigenvalue weighted by Gasteiger charge is -2.15. The van der Waals surface area contributed by atoms with E-state index in [1.807, 2.05) is 0 Å². The van der Waals surface area contributed by atoms with E-state index in [0.717, 1.165) is 12.8 Å². The van der Waals surface area contributed by atoms with Gasteiger partial charge in [0.15, 0.2) is 6.10 Å². The zero-order valence-electron chi connectivity index (χ0n) is 17.0. The fourth-order valence-corrected chi connectivity index (χ4v) is 2.45. The smallest absolute Gasteiger partial charge is 0.338 e. The zero-order chi connectivity index (χ0) is 22.1. The van der Waals surface area contributed by atoms with Crippen molar-refractivity contribution < 1.29 is 28.7 Å². The number of benzene rings is 2. The quantitative estimate of drug-likeness (QED) is 0.269. The highest BCUT2D eigenvalue weighted by atomic mass is 16.6. The minimum atomic E-state index is -1.14. The Labute approximate surface area is 174 Å². The number of methoxy groups -OCH3 is 1. The van der Waals surface area contributed by atoms with Gasteiger partial charge in [0, 0.05) is 12.1 Å². The maximum absolute atomic E-state index is 12.4. The molecule has 1 N–H and O–H groups in total. The average Bonchev–Trinajstić information content (AvgIpc) is 2.74. The van der Waals surface area contributed by atoms with Crippen molar-refractivity contribution >= 4 is 23.3 Å². The number of nitro groups is 1. The number of unbranched alkanes of at least 4 members (excludes halogenated alkanes) is 1. The van der Waals surface area contributed by atoms with Gasteiger partial charge in [-0.1, -0.05) is 13.3 Å². The number of nitro benzene ring substituents is 1. The molecule has 2 aromatic rings. The molecule has 0 aliphatic rings. The SMILES string of the molecule is CCCCOc1ccc(C(=O)O[C@H](C)C(=O)Nc2cc([N+](=O)[O-])ccc2OC)cc1. The molecule has 0 unspecified atom stereocenters. The van der Waals surface area contributed by atoms with Crippen LogP contribution < -0.4 is 14.8 Å². The van der Waals surface area contributed by atoms with Crippen molar-refractivity contribution in [2.45, 2.75) is 32.8 Å². The number of non-ortho nitro benzene ring substituents is 1. The van der Waals surface area contributed by atoms with Crippen LogP contribution in [0.15, 0.2) is 42.5 Å². The molecule has 160 valence electrons. The van der Waals surface area contributed by atoms with E-state index in [4.69, 9.17) is 14.2 Å². The van der Waals surface area contributed by atoms with Crippen LogP contribution in [0.3, 0.4) is 0 Å². The zero-order valence-corrected chi connectivity index (χ0v) is 17.0. The van der Waals surface area contributed by atoms with Gasteiger partial charge >= 0.3 is 5.97 Å². The van der Waals surface area contributed by atoms with E-state index in [2.05, 4.69) is 12.2 Å². The maximum Gasteiger partial charge on any atom is 0.338 e. The standard InChI is InChI=1S/C21H24N2O7/c1-4-5-12-29-17-9-6-15(7-10-17)21(25)30-14(2)20(24)22-18-13-16(23(26)27)8-11-19(18)28-3/h6-11,13-14H,4-5,12H2,1-3H3,(H,22,24)/t14-/m1/s1. The second-order valence-electron chi connectivity index (χ2n) is 6.40. The molecule has 0 fully saturated rings. The summed E-state index contributed by atoms with van der Waals surface area (Å²) in [5, 5.41) is 13.4. The Morgan fingerprint density at radius 3 is 2.47 bits per heavy atom. The van der Waals surface area contributed by atoms with Crippen LogP contribution >= 0.6 is 0 Å². The Hall–Kier alpha value is -3.62. The molecule has 9 heteroatoms. The highest BCUT2D eigenvalue weighted by molar-refractivity contribution is 5.98. The molecule has 0 saturated heterocycles. The molecule has 30 heavy (non-hydrogen) atoms. The minimum absolute atomic E-state index is 0.105. The number of anilines is 1. The lowest BCUT2D eigenvalue weighted by Crippen LogP contribution is -2.30. The van der Waals surface area contributed by atoms with E-state index in [-0.39, 0.29) is 22.7 Å². The van der Waals surface area contributed by atoms with Crippen molar-refractivity contribution in [2.24, 2.45) is 0 Å². The lowest BCUT2D eigenvalue weighted by atomic mass is 10.2. The van der Waals surface area contributed by atoms with Gasteiger partial charge in [0.2, 0.25) is 0 Å². The number of ether oxygens (including phenoxy) is 3. The summed E-state index contributed by atoms with van der Waals surface area (Å²) in [6.07, 6.45) is 0.820. The molecule has 0 heterocycles. The van der Waals surface area contributed by atoms with Crippen molar-refractivity contribution in [1.82, 2.24) is 0 Å². The highest BCUT2D eigenvalue weighted by Gasteiger charge is 2.21. The molecule has 0 aliphatic heterocycles. The predicted octanol–water partition coefficient (Wildman–Crippen LogP) is 3.97. The molecule has 1 atom stereocenters. The third-order valence-corrected chi connectivity index (χ3v) is 4.16. The van der Waals surface area contributed by atoms with Crippen molar-refractivity contribution in [3.63, 3.8) is 0 Å². The van der Waals surface area contributed by atoms with E-state index in [1.54, 1.807) is 24.3 Å². The Morgan fingerprint density at radius 1 is 1.17 bits per heavy atom. The molecule has 0 aliphatic carbocycles. The first kappa shape index (κ1) is 22.7. The van der Waals surface area contributed by atoms with Gasteiger partial charge < -0.3 is 19.5 Å². The Balaban J connectivity index is 1.99. The highest BCUT2D eigenvalue weighted by Crippen LogP contribution is 2.29. The normalized spacial score (nSPS) is 11.3. The fourth-order valence-electron chi connectivity index (χ4n) is 2.45. The number of hydrogen-bond donors (Lipinski definition) is 1. The molecule has 0 saturated carbocycles.